The van der Waals surface area contributed by atoms with Gasteiger partial charge in [-0.15, -0.1) is 0 Å². The van der Waals surface area contributed by atoms with E-state index in [1.807, 2.05) is 6.92 Å². The van der Waals surface area contributed by atoms with Crippen molar-refractivity contribution < 1.29 is 45.0 Å². The van der Waals surface area contributed by atoms with Gasteiger partial charge in [-0.1, -0.05) is 25.5 Å². The molecule has 0 fully saturated rings. The second-order valence-corrected chi connectivity index (χ2v) is 6.80. The quantitative estimate of drug-likeness (QED) is 0.278. The molecule has 0 amide bonds. The average Bonchev–Trinajstić information content (AvgIpc) is 2.67. The number of hydrogen-bond donors (Lipinski definition) is 0. The average molecular weight is 461 g/mol. The molecule has 0 bridgehead atoms. The first-order valence-electron chi connectivity index (χ1n) is 9.15. The minimum atomic E-state index is -4.91. The van der Waals surface area contributed by atoms with Crippen LogP contribution in [0, 0.1) is 34.9 Å². The number of hydrogen-bond acceptors (Lipinski definition) is 1. The van der Waals surface area contributed by atoms with Gasteiger partial charge in [-0.3, -0.25) is 5.11 Å². The minimum absolute atomic E-state index is 0.0102. The molecule has 0 atom stereocenters. The van der Waals surface area contributed by atoms with Crippen molar-refractivity contribution in [3.63, 3.8) is 0 Å². The Morgan fingerprint density at radius 3 is 2.00 bits per heavy atom. The Balaban J connectivity index is 2.12. The Hall–Kier alpha value is -3.30. The molecule has 32 heavy (non-hydrogen) atoms. The van der Waals surface area contributed by atoms with Crippen LogP contribution in [0.3, 0.4) is 0 Å². The van der Waals surface area contributed by atoms with Crippen LogP contribution in [0.5, 0.6) is 11.5 Å². The summed E-state index contributed by atoms with van der Waals surface area (Å²) in [6.45, 7) is 1.81. The van der Waals surface area contributed by atoms with Crippen LogP contribution in [0.4, 0.5) is 35.1 Å². The molecular formula is C22H13F8O2. The highest BCUT2D eigenvalue weighted by atomic mass is 19.3. The topological polar surface area (TPSA) is 29.1 Å². The van der Waals surface area contributed by atoms with Crippen LogP contribution in [-0.2, 0) is 17.6 Å². The first-order valence-corrected chi connectivity index (χ1v) is 9.15. The summed E-state index contributed by atoms with van der Waals surface area (Å²) in [5.41, 5.74) is -3.46. The van der Waals surface area contributed by atoms with E-state index in [4.69, 9.17) is 0 Å². The van der Waals surface area contributed by atoms with Gasteiger partial charge >= 0.3 is 6.11 Å². The molecule has 0 heterocycles. The highest BCUT2D eigenvalue weighted by molar-refractivity contribution is 5.72. The smallest absolute Gasteiger partial charge is 0.429 e. The third kappa shape index (κ3) is 4.35. The van der Waals surface area contributed by atoms with Crippen LogP contribution in [0.25, 0.3) is 11.1 Å². The van der Waals surface area contributed by atoms with E-state index < -0.39 is 69.2 Å². The van der Waals surface area contributed by atoms with E-state index in [1.54, 1.807) is 0 Å². The molecule has 3 rings (SSSR count). The minimum Gasteiger partial charge on any atom is -0.429 e. The zero-order valence-electron chi connectivity index (χ0n) is 16.2. The first-order chi connectivity index (χ1) is 15.0. The Labute approximate surface area is 176 Å². The van der Waals surface area contributed by atoms with Gasteiger partial charge in [-0.2, -0.15) is 8.78 Å². The lowest BCUT2D eigenvalue weighted by Crippen LogP contribution is -2.26. The van der Waals surface area contributed by atoms with Gasteiger partial charge in [0.05, 0.1) is 5.56 Å². The number of benzene rings is 3. The summed E-state index contributed by atoms with van der Waals surface area (Å²) in [4.78, 5) is 0. The van der Waals surface area contributed by atoms with E-state index in [0.29, 0.717) is 18.4 Å². The zero-order valence-corrected chi connectivity index (χ0v) is 16.2. The summed E-state index contributed by atoms with van der Waals surface area (Å²) in [5.74, 6) is -13.7. The Morgan fingerprint density at radius 1 is 0.812 bits per heavy atom. The van der Waals surface area contributed by atoms with E-state index in [1.165, 1.54) is 6.07 Å². The predicted octanol–water partition coefficient (Wildman–Crippen LogP) is 7.41. The highest BCUT2D eigenvalue weighted by Gasteiger charge is 2.43. The van der Waals surface area contributed by atoms with Crippen LogP contribution in [-0.4, -0.2) is 0 Å². The molecule has 0 aliphatic carbocycles. The largest absolute Gasteiger partial charge is 0.432 e. The summed E-state index contributed by atoms with van der Waals surface area (Å²) in [6.07, 6.45) is -3.81. The van der Waals surface area contributed by atoms with Crippen molar-refractivity contribution in [2.24, 2.45) is 0 Å². The lowest BCUT2D eigenvalue weighted by Gasteiger charge is -2.21. The van der Waals surface area contributed by atoms with Gasteiger partial charge in [0, 0.05) is 23.8 Å². The monoisotopic (exact) mass is 461 g/mol. The van der Waals surface area contributed by atoms with Crippen molar-refractivity contribution in [1.29, 1.82) is 0 Å². The van der Waals surface area contributed by atoms with E-state index in [-0.39, 0.29) is 18.2 Å². The van der Waals surface area contributed by atoms with Gasteiger partial charge in [0.15, 0.2) is 29.0 Å². The Morgan fingerprint density at radius 2 is 1.44 bits per heavy atom. The summed E-state index contributed by atoms with van der Waals surface area (Å²) < 4.78 is 116. The molecule has 2 nitrogen and oxygen atoms in total. The van der Waals surface area contributed by atoms with Gasteiger partial charge < -0.3 is 4.74 Å². The second-order valence-electron chi connectivity index (χ2n) is 6.80. The maximum atomic E-state index is 15.0. The second kappa shape index (κ2) is 8.68. The van der Waals surface area contributed by atoms with Crippen LogP contribution in [0.1, 0.15) is 24.5 Å². The number of rotatable bonds is 6. The first kappa shape index (κ1) is 23.4. The Kier molecular flexibility index (Phi) is 6.34. The van der Waals surface area contributed by atoms with Crippen molar-refractivity contribution >= 4 is 0 Å². The van der Waals surface area contributed by atoms with Crippen LogP contribution in [0.2, 0.25) is 0 Å². The van der Waals surface area contributed by atoms with Crippen LogP contribution in [0.15, 0.2) is 36.4 Å². The van der Waals surface area contributed by atoms with E-state index >= 15 is 0 Å². The maximum absolute atomic E-state index is 15.0. The molecule has 3 aromatic carbocycles. The van der Waals surface area contributed by atoms with Gasteiger partial charge in [-0.25, -0.2) is 26.3 Å². The number of aryl methyl sites for hydroxylation is 1. The fourth-order valence-electron chi connectivity index (χ4n) is 3.11. The number of halogens is 8. The standard InChI is InChI=1S/C22H13F8O2/c1-2-3-10-4-5-12(13(23)6-10)18-17(31)9-14(24)19(21(18)28)22(29,30)32-11-7-15(25)20(27)16(26)8-11/h4-9H,2-3H2,1H3. The molecule has 0 aromatic heterocycles. The molecule has 0 aliphatic heterocycles. The molecule has 0 saturated heterocycles. The molecule has 10 heteroatoms. The van der Waals surface area contributed by atoms with Crippen molar-refractivity contribution in [3.8, 4) is 22.6 Å². The number of ether oxygens (including phenoxy) is 1. The van der Waals surface area contributed by atoms with Crippen molar-refractivity contribution in [1.82, 2.24) is 0 Å². The van der Waals surface area contributed by atoms with Crippen molar-refractivity contribution in [2.45, 2.75) is 25.9 Å². The van der Waals surface area contributed by atoms with Crippen LogP contribution < -0.4 is 4.74 Å². The van der Waals surface area contributed by atoms with Gasteiger partial charge in [0.1, 0.15) is 22.9 Å². The third-order valence-corrected chi connectivity index (χ3v) is 4.52. The maximum Gasteiger partial charge on any atom is 0.432 e. The normalized spacial score (nSPS) is 11.7. The summed E-state index contributed by atoms with van der Waals surface area (Å²) in [7, 11) is 0. The summed E-state index contributed by atoms with van der Waals surface area (Å²) in [6, 6.07) is 3.41. The summed E-state index contributed by atoms with van der Waals surface area (Å²) >= 11 is 0. The molecule has 0 saturated carbocycles. The Bertz CT molecular complexity index is 1150. The molecule has 1 radical (unpaired) electrons. The van der Waals surface area contributed by atoms with E-state index in [9.17, 15) is 40.2 Å². The van der Waals surface area contributed by atoms with Crippen molar-refractivity contribution in [3.05, 3.63) is 82.4 Å². The third-order valence-electron chi connectivity index (χ3n) is 4.52. The van der Waals surface area contributed by atoms with Gasteiger partial charge in [0.25, 0.3) is 0 Å². The highest BCUT2D eigenvalue weighted by Crippen LogP contribution is 2.43. The fraction of sp³-hybridized carbons (Fsp3) is 0.182. The summed E-state index contributed by atoms with van der Waals surface area (Å²) in [5, 5.41) is 12.1. The van der Waals surface area contributed by atoms with Gasteiger partial charge in [0.2, 0.25) is 0 Å². The molecule has 0 aliphatic rings. The molecule has 3 aromatic rings. The molecular weight excluding hydrogens is 448 g/mol. The SMILES string of the molecule is CCCc1ccc(-c2c([O])cc(F)c(C(F)(F)Oc3cc(F)c(F)c(F)c3)c2F)c(F)c1. The van der Waals surface area contributed by atoms with E-state index in [2.05, 4.69) is 4.74 Å². The lowest BCUT2D eigenvalue weighted by molar-refractivity contribution is -0.189. The molecule has 0 N–H and O–H groups in total. The molecule has 0 spiro atoms. The lowest BCUT2D eigenvalue weighted by atomic mass is 9.97. The van der Waals surface area contributed by atoms with Crippen molar-refractivity contribution in [2.75, 3.05) is 0 Å². The fourth-order valence-corrected chi connectivity index (χ4v) is 3.11. The van der Waals surface area contributed by atoms with E-state index in [0.717, 1.165) is 12.1 Å². The van der Waals surface area contributed by atoms with Gasteiger partial charge in [-0.05, 0) is 18.1 Å². The molecule has 0 unspecified atom stereocenters. The number of alkyl halides is 2. The molecule has 169 valence electrons. The zero-order chi connectivity index (χ0) is 23.8. The van der Waals surface area contributed by atoms with Crippen LogP contribution >= 0.6 is 0 Å². The predicted molar refractivity (Wildman–Crippen MR) is 96.7 cm³/mol.